The molecule has 1 aromatic rings. The van der Waals surface area contributed by atoms with Crippen LogP contribution in [0, 0.1) is 0 Å². The van der Waals surface area contributed by atoms with Gasteiger partial charge in [-0.2, -0.15) is 0 Å². The molecule has 0 aromatic heterocycles. The standard InChI is InChI=1S/C17H18N2O6/c1-4-23-17(22)13-9(3)18-8(2)12(16(20)21)14(13)10-6-5-7-11-15(10)25-19-24-11/h5-7,14,18-19H,4H2,1-3H3,(H,20,21). The molecule has 0 amide bonds. The van der Waals surface area contributed by atoms with Crippen LogP contribution in [0.1, 0.15) is 32.3 Å². The monoisotopic (exact) mass is 346 g/mol. The Balaban J connectivity index is 2.22. The maximum atomic E-state index is 12.5. The summed E-state index contributed by atoms with van der Waals surface area (Å²) < 4.78 is 5.15. The number of ether oxygens (including phenoxy) is 1. The summed E-state index contributed by atoms with van der Waals surface area (Å²) in [7, 11) is 0. The molecule has 0 aliphatic carbocycles. The van der Waals surface area contributed by atoms with E-state index in [9.17, 15) is 14.7 Å². The SMILES string of the molecule is CCOC(=O)C1=C(C)NC(C)=C(C(=O)O)C1c1cccc2c1ONO2. The second-order valence-corrected chi connectivity index (χ2v) is 5.62. The Bertz CT molecular complexity index is 811. The van der Waals surface area contributed by atoms with Gasteiger partial charge >= 0.3 is 11.9 Å². The number of allylic oxidation sites excluding steroid dienone is 2. The van der Waals surface area contributed by atoms with Gasteiger partial charge in [-0.1, -0.05) is 12.1 Å². The van der Waals surface area contributed by atoms with E-state index in [-0.39, 0.29) is 17.8 Å². The first-order valence-corrected chi connectivity index (χ1v) is 7.76. The van der Waals surface area contributed by atoms with Gasteiger partial charge in [-0.25, -0.2) is 9.59 Å². The van der Waals surface area contributed by atoms with Crippen LogP contribution in [-0.2, 0) is 14.3 Å². The number of hydrogen-bond donors (Lipinski definition) is 3. The van der Waals surface area contributed by atoms with Crippen LogP contribution < -0.4 is 20.6 Å². The third-order valence-electron chi connectivity index (χ3n) is 4.10. The van der Waals surface area contributed by atoms with E-state index in [1.165, 1.54) is 0 Å². The predicted molar refractivity (Wildman–Crippen MR) is 86.4 cm³/mol. The molecule has 3 rings (SSSR count). The number of carboxylic acids is 1. The summed E-state index contributed by atoms with van der Waals surface area (Å²) >= 11 is 0. The molecule has 2 aliphatic heterocycles. The molecule has 1 unspecified atom stereocenters. The molecular formula is C17H18N2O6. The molecule has 0 saturated heterocycles. The molecular weight excluding hydrogens is 328 g/mol. The van der Waals surface area contributed by atoms with Crippen LogP contribution >= 0.6 is 0 Å². The summed E-state index contributed by atoms with van der Waals surface area (Å²) in [4.78, 5) is 34.9. The van der Waals surface area contributed by atoms with Crippen LogP contribution in [0.25, 0.3) is 0 Å². The Morgan fingerprint density at radius 2 is 1.92 bits per heavy atom. The number of esters is 1. The molecule has 25 heavy (non-hydrogen) atoms. The van der Waals surface area contributed by atoms with Gasteiger partial charge in [0.25, 0.3) is 0 Å². The second-order valence-electron chi connectivity index (χ2n) is 5.62. The zero-order valence-electron chi connectivity index (χ0n) is 14.0. The van der Waals surface area contributed by atoms with Crippen molar-refractivity contribution in [3.63, 3.8) is 0 Å². The highest BCUT2D eigenvalue weighted by atomic mass is 16.9. The van der Waals surface area contributed by atoms with E-state index in [0.717, 1.165) is 0 Å². The first kappa shape index (κ1) is 16.8. The summed E-state index contributed by atoms with van der Waals surface area (Å²) in [6.07, 6.45) is 0. The van der Waals surface area contributed by atoms with Crippen molar-refractivity contribution in [2.75, 3.05) is 6.61 Å². The fraction of sp³-hybridized carbons (Fsp3) is 0.294. The Morgan fingerprint density at radius 3 is 2.60 bits per heavy atom. The summed E-state index contributed by atoms with van der Waals surface area (Å²) in [6.45, 7) is 5.24. The van der Waals surface area contributed by atoms with Gasteiger partial charge in [0.1, 0.15) is 0 Å². The zero-order chi connectivity index (χ0) is 18.1. The lowest BCUT2D eigenvalue weighted by molar-refractivity contribution is -0.138. The number of dihydropyridines is 1. The highest BCUT2D eigenvalue weighted by Crippen LogP contribution is 2.46. The Labute approximate surface area is 144 Å². The van der Waals surface area contributed by atoms with Crippen molar-refractivity contribution in [3.05, 3.63) is 46.3 Å². The first-order valence-electron chi connectivity index (χ1n) is 7.76. The summed E-state index contributed by atoms with van der Waals surface area (Å²) in [6, 6.07) is 5.09. The molecule has 2 heterocycles. The Hall–Kier alpha value is -3.00. The highest BCUT2D eigenvalue weighted by molar-refractivity contribution is 5.99. The van der Waals surface area contributed by atoms with Gasteiger partial charge < -0.3 is 24.8 Å². The Kier molecular flexibility index (Phi) is 4.37. The van der Waals surface area contributed by atoms with Crippen molar-refractivity contribution in [2.45, 2.75) is 26.7 Å². The van der Waals surface area contributed by atoms with Crippen LogP contribution in [0.3, 0.4) is 0 Å². The molecule has 2 aliphatic rings. The molecule has 8 heteroatoms. The third-order valence-corrected chi connectivity index (χ3v) is 4.10. The second kappa shape index (κ2) is 6.48. The molecule has 1 atom stereocenters. The largest absolute Gasteiger partial charge is 0.478 e. The number of carbonyl (C=O) groups excluding carboxylic acids is 1. The minimum absolute atomic E-state index is 0.0533. The summed E-state index contributed by atoms with van der Waals surface area (Å²) in [5.41, 5.74) is 4.07. The van der Waals surface area contributed by atoms with E-state index < -0.39 is 17.9 Å². The number of aliphatic carboxylic acids is 1. The lowest BCUT2D eigenvalue weighted by Crippen LogP contribution is -2.32. The highest BCUT2D eigenvalue weighted by Gasteiger charge is 2.40. The van der Waals surface area contributed by atoms with Crippen molar-refractivity contribution >= 4 is 11.9 Å². The predicted octanol–water partition coefficient (Wildman–Crippen LogP) is 1.76. The summed E-state index contributed by atoms with van der Waals surface area (Å²) in [5, 5.41) is 12.7. The molecule has 8 nitrogen and oxygen atoms in total. The summed E-state index contributed by atoms with van der Waals surface area (Å²) in [5.74, 6) is -1.80. The van der Waals surface area contributed by atoms with E-state index in [0.29, 0.717) is 28.5 Å². The van der Waals surface area contributed by atoms with Gasteiger partial charge in [0, 0.05) is 22.6 Å². The van der Waals surface area contributed by atoms with Gasteiger partial charge in [0.05, 0.1) is 23.7 Å². The number of nitrogens with one attached hydrogen (secondary N) is 2. The molecule has 0 bridgehead atoms. The van der Waals surface area contributed by atoms with Crippen LogP contribution in [0.5, 0.6) is 11.5 Å². The molecule has 1 aromatic carbocycles. The maximum absolute atomic E-state index is 12.5. The fourth-order valence-corrected chi connectivity index (χ4v) is 3.13. The number of benzene rings is 1. The number of hydrogen-bond acceptors (Lipinski definition) is 7. The molecule has 0 spiro atoms. The number of rotatable bonds is 4. The van der Waals surface area contributed by atoms with Crippen LogP contribution in [-0.4, -0.2) is 23.7 Å². The van der Waals surface area contributed by atoms with E-state index >= 15 is 0 Å². The maximum Gasteiger partial charge on any atom is 0.336 e. The molecule has 0 saturated carbocycles. The number of carbonyl (C=O) groups is 2. The van der Waals surface area contributed by atoms with Crippen molar-refractivity contribution in [2.24, 2.45) is 0 Å². The molecule has 0 fully saturated rings. The van der Waals surface area contributed by atoms with Gasteiger partial charge in [-0.3, -0.25) is 0 Å². The third kappa shape index (κ3) is 2.80. The quantitative estimate of drug-likeness (QED) is 0.708. The van der Waals surface area contributed by atoms with E-state index in [1.807, 2.05) is 0 Å². The van der Waals surface area contributed by atoms with Gasteiger partial charge in [0.15, 0.2) is 11.5 Å². The number of para-hydroxylation sites is 1. The minimum Gasteiger partial charge on any atom is -0.478 e. The number of fused-ring (bicyclic) bond motifs is 1. The lowest BCUT2D eigenvalue weighted by Gasteiger charge is -2.29. The molecule has 132 valence electrons. The topological polar surface area (TPSA) is 106 Å². The average Bonchev–Trinajstić information content (AvgIpc) is 3.02. The normalized spacial score (nSPS) is 18.9. The fourth-order valence-electron chi connectivity index (χ4n) is 3.13. The average molecular weight is 346 g/mol. The Morgan fingerprint density at radius 1 is 1.20 bits per heavy atom. The van der Waals surface area contributed by atoms with Crippen molar-refractivity contribution in [1.82, 2.24) is 11.0 Å². The molecule has 0 radical (unpaired) electrons. The first-order chi connectivity index (χ1) is 12.0. The van der Waals surface area contributed by atoms with Crippen LogP contribution in [0.2, 0.25) is 0 Å². The minimum atomic E-state index is -1.13. The van der Waals surface area contributed by atoms with Crippen molar-refractivity contribution in [1.29, 1.82) is 0 Å². The van der Waals surface area contributed by atoms with E-state index in [1.54, 1.807) is 39.0 Å². The van der Waals surface area contributed by atoms with Gasteiger partial charge in [0.2, 0.25) is 0 Å². The van der Waals surface area contributed by atoms with E-state index in [4.69, 9.17) is 14.4 Å². The van der Waals surface area contributed by atoms with Gasteiger partial charge in [-0.15, -0.1) is 0 Å². The van der Waals surface area contributed by atoms with Gasteiger partial charge in [-0.05, 0) is 26.8 Å². The van der Waals surface area contributed by atoms with Crippen LogP contribution in [0.4, 0.5) is 0 Å². The zero-order valence-corrected chi connectivity index (χ0v) is 14.0. The smallest absolute Gasteiger partial charge is 0.336 e. The van der Waals surface area contributed by atoms with E-state index in [2.05, 4.69) is 11.0 Å². The molecule has 3 N–H and O–H groups in total. The van der Waals surface area contributed by atoms with Crippen molar-refractivity contribution in [3.8, 4) is 11.5 Å². The van der Waals surface area contributed by atoms with Crippen LogP contribution in [0.15, 0.2) is 40.7 Å². The lowest BCUT2D eigenvalue weighted by atomic mass is 9.80. The number of carboxylic acid groups (broad SMARTS) is 1. The van der Waals surface area contributed by atoms with Crippen molar-refractivity contribution < 1.29 is 29.1 Å².